The number of hydrogen-bond donors (Lipinski definition) is 2. The molecule has 1 aromatic carbocycles. The first-order valence-corrected chi connectivity index (χ1v) is 8.88. The van der Waals surface area contributed by atoms with Gasteiger partial charge in [0.15, 0.2) is 0 Å². The van der Waals surface area contributed by atoms with Gasteiger partial charge in [0, 0.05) is 12.2 Å². The van der Waals surface area contributed by atoms with Crippen molar-refractivity contribution in [2.45, 2.75) is 39.5 Å². The molecule has 0 atom stereocenters. The highest BCUT2D eigenvalue weighted by molar-refractivity contribution is 5.73. The van der Waals surface area contributed by atoms with Crippen molar-refractivity contribution < 1.29 is 9.66 Å². The Morgan fingerprint density at radius 3 is 2.42 bits per heavy atom. The van der Waals surface area contributed by atoms with E-state index in [0.29, 0.717) is 18.8 Å². The predicted octanol–water partition coefficient (Wildman–Crippen LogP) is 4.52. The molecule has 1 aromatic heterocycles. The Morgan fingerprint density at radius 2 is 1.77 bits per heavy atom. The normalized spacial score (nSPS) is 10.4. The average Bonchev–Trinajstić information content (AvgIpc) is 2.63. The second-order valence-electron chi connectivity index (χ2n) is 5.81. The van der Waals surface area contributed by atoms with Crippen LogP contribution in [0, 0.1) is 10.1 Å². The number of ether oxygens (including phenoxy) is 1. The molecule has 0 spiro atoms. The van der Waals surface area contributed by atoms with Crippen molar-refractivity contribution in [1.29, 1.82) is 0 Å². The molecule has 0 aliphatic heterocycles. The van der Waals surface area contributed by atoms with E-state index in [1.165, 1.54) is 6.33 Å². The summed E-state index contributed by atoms with van der Waals surface area (Å²) >= 11 is 0. The molecule has 0 aliphatic rings. The fourth-order valence-electron chi connectivity index (χ4n) is 2.26. The lowest BCUT2D eigenvalue weighted by Crippen LogP contribution is -2.09. The summed E-state index contributed by atoms with van der Waals surface area (Å²) in [6.07, 6.45) is 5.28. The van der Waals surface area contributed by atoms with Gasteiger partial charge in [-0.3, -0.25) is 10.1 Å². The molecule has 2 N–H and O–H groups in total. The first-order chi connectivity index (χ1) is 12.7. The van der Waals surface area contributed by atoms with E-state index >= 15 is 0 Å². The van der Waals surface area contributed by atoms with Crippen molar-refractivity contribution in [3.63, 3.8) is 0 Å². The van der Waals surface area contributed by atoms with Crippen molar-refractivity contribution in [3.8, 4) is 5.75 Å². The van der Waals surface area contributed by atoms with Crippen LogP contribution in [0.3, 0.4) is 0 Å². The highest BCUT2D eigenvalue weighted by Crippen LogP contribution is 2.31. The molecule has 0 bridgehead atoms. The minimum absolute atomic E-state index is 0.156. The summed E-state index contributed by atoms with van der Waals surface area (Å²) in [5.74, 6) is 1.15. The standard InChI is InChI=1S/C18H25N5O3/c1-3-5-11-19-17-16(23(24)25)18(21-13-20-17)22-14-7-9-15(10-8-14)26-12-6-4-2/h7-10,13H,3-6,11-12H2,1-2H3,(H2,19,20,21,22). The topological polar surface area (TPSA) is 102 Å². The number of unbranched alkanes of at least 4 members (excludes halogenated alkanes) is 2. The number of nitrogens with zero attached hydrogens (tertiary/aromatic N) is 3. The monoisotopic (exact) mass is 359 g/mol. The van der Waals surface area contributed by atoms with E-state index in [1.54, 1.807) is 12.1 Å². The van der Waals surface area contributed by atoms with Crippen molar-refractivity contribution in [3.05, 3.63) is 40.7 Å². The van der Waals surface area contributed by atoms with Gasteiger partial charge in [-0.1, -0.05) is 26.7 Å². The largest absolute Gasteiger partial charge is 0.494 e. The third-order valence-electron chi connectivity index (χ3n) is 3.71. The minimum Gasteiger partial charge on any atom is -0.494 e. The summed E-state index contributed by atoms with van der Waals surface area (Å²) in [7, 11) is 0. The van der Waals surface area contributed by atoms with Crippen LogP contribution in [0.5, 0.6) is 5.75 Å². The maximum Gasteiger partial charge on any atom is 0.353 e. The number of rotatable bonds is 11. The average molecular weight is 359 g/mol. The van der Waals surface area contributed by atoms with E-state index in [-0.39, 0.29) is 17.3 Å². The van der Waals surface area contributed by atoms with Crippen LogP contribution in [-0.2, 0) is 0 Å². The van der Waals surface area contributed by atoms with Crippen LogP contribution in [0.15, 0.2) is 30.6 Å². The molecule has 140 valence electrons. The van der Waals surface area contributed by atoms with Crippen molar-refractivity contribution in [1.82, 2.24) is 9.97 Å². The van der Waals surface area contributed by atoms with Gasteiger partial charge in [0.25, 0.3) is 0 Å². The molecule has 1 heterocycles. The molecule has 0 saturated carbocycles. The van der Waals surface area contributed by atoms with Crippen LogP contribution in [0.1, 0.15) is 39.5 Å². The maximum absolute atomic E-state index is 11.5. The molecule has 8 heteroatoms. The lowest BCUT2D eigenvalue weighted by molar-refractivity contribution is -0.383. The fraction of sp³-hybridized carbons (Fsp3) is 0.444. The van der Waals surface area contributed by atoms with Crippen LogP contribution in [-0.4, -0.2) is 28.0 Å². The molecule has 8 nitrogen and oxygen atoms in total. The molecule has 0 radical (unpaired) electrons. The second-order valence-corrected chi connectivity index (χ2v) is 5.81. The Kier molecular flexibility index (Phi) is 7.60. The summed E-state index contributed by atoms with van der Waals surface area (Å²) in [6.45, 7) is 5.46. The summed E-state index contributed by atoms with van der Waals surface area (Å²) in [5, 5.41) is 17.5. The molecule has 0 amide bonds. The molecule has 0 aliphatic carbocycles. The first-order valence-electron chi connectivity index (χ1n) is 8.88. The van der Waals surface area contributed by atoms with Crippen LogP contribution in [0.25, 0.3) is 0 Å². The quantitative estimate of drug-likeness (QED) is 0.345. The van der Waals surface area contributed by atoms with E-state index in [1.807, 2.05) is 12.1 Å². The maximum atomic E-state index is 11.5. The lowest BCUT2D eigenvalue weighted by atomic mass is 10.3. The zero-order chi connectivity index (χ0) is 18.8. The molecule has 0 unspecified atom stereocenters. The number of nitro groups is 1. The number of benzene rings is 1. The van der Waals surface area contributed by atoms with Crippen LogP contribution in [0.2, 0.25) is 0 Å². The van der Waals surface area contributed by atoms with E-state index in [9.17, 15) is 10.1 Å². The molecule has 2 rings (SSSR count). The molecular weight excluding hydrogens is 334 g/mol. The summed E-state index contributed by atoms with van der Waals surface area (Å²) in [6, 6.07) is 7.26. The highest BCUT2D eigenvalue weighted by atomic mass is 16.6. The van der Waals surface area contributed by atoms with Gasteiger partial charge in [0.2, 0.25) is 11.6 Å². The zero-order valence-electron chi connectivity index (χ0n) is 15.2. The second kappa shape index (κ2) is 10.2. The molecule has 0 saturated heterocycles. The number of hydrogen-bond acceptors (Lipinski definition) is 7. The van der Waals surface area contributed by atoms with Gasteiger partial charge in [-0.15, -0.1) is 0 Å². The van der Waals surface area contributed by atoms with Gasteiger partial charge in [-0.05, 0) is 37.1 Å². The Morgan fingerprint density at radius 1 is 1.08 bits per heavy atom. The Hall–Kier alpha value is -2.90. The van der Waals surface area contributed by atoms with Crippen LogP contribution < -0.4 is 15.4 Å². The number of nitrogens with one attached hydrogen (secondary N) is 2. The lowest BCUT2D eigenvalue weighted by Gasteiger charge is -2.10. The van der Waals surface area contributed by atoms with Crippen LogP contribution in [0.4, 0.5) is 23.0 Å². The molecular formula is C18H25N5O3. The van der Waals surface area contributed by atoms with Gasteiger partial charge in [-0.2, -0.15) is 0 Å². The Bertz CT molecular complexity index is 706. The number of aromatic nitrogens is 2. The van der Waals surface area contributed by atoms with Crippen LogP contribution >= 0.6 is 0 Å². The van der Waals surface area contributed by atoms with E-state index in [4.69, 9.17) is 4.74 Å². The zero-order valence-corrected chi connectivity index (χ0v) is 15.2. The summed E-state index contributed by atoms with van der Waals surface area (Å²) < 4.78 is 5.62. The number of anilines is 3. The van der Waals surface area contributed by atoms with Gasteiger partial charge in [0.1, 0.15) is 12.1 Å². The molecule has 26 heavy (non-hydrogen) atoms. The minimum atomic E-state index is -0.473. The van der Waals surface area contributed by atoms with Crippen molar-refractivity contribution in [2.75, 3.05) is 23.8 Å². The summed E-state index contributed by atoms with van der Waals surface area (Å²) in [5.41, 5.74) is 0.529. The molecule has 2 aromatic rings. The van der Waals surface area contributed by atoms with Gasteiger partial charge < -0.3 is 15.4 Å². The predicted molar refractivity (Wildman–Crippen MR) is 102 cm³/mol. The Balaban J connectivity index is 2.12. The highest BCUT2D eigenvalue weighted by Gasteiger charge is 2.22. The smallest absolute Gasteiger partial charge is 0.353 e. The fourth-order valence-corrected chi connectivity index (χ4v) is 2.26. The third-order valence-corrected chi connectivity index (χ3v) is 3.71. The van der Waals surface area contributed by atoms with Crippen molar-refractivity contribution in [2.24, 2.45) is 0 Å². The van der Waals surface area contributed by atoms with Gasteiger partial charge in [0.05, 0.1) is 11.5 Å². The third kappa shape index (κ3) is 5.58. The first kappa shape index (κ1) is 19.4. The van der Waals surface area contributed by atoms with Gasteiger partial charge in [-0.25, -0.2) is 9.97 Å². The van der Waals surface area contributed by atoms with Crippen molar-refractivity contribution >= 4 is 23.0 Å². The summed E-state index contributed by atoms with van der Waals surface area (Å²) in [4.78, 5) is 19.1. The van der Waals surface area contributed by atoms with E-state index in [0.717, 1.165) is 31.4 Å². The van der Waals surface area contributed by atoms with E-state index < -0.39 is 4.92 Å². The SMILES string of the molecule is CCCCNc1ncnc(Nc2ccc(OCCCC)cc2)c1[N+](=O)[O-]. The van der Waals surface area contributed by atoms with Gasteiger partial charge >= 0.3 is 5.69 Å². The molecule has 0 fully saturated rings. The van der Waals surface area contributed by atoms with E-state index in [2.05, 4.69) is 34.4 Å². The Labute approximate surface area is 153 Å².